The maximum atomic E-state index is 11.8. The third-order valence-corrected chi connectivity index (χ3v) is 3.37. The maximum absolute atomic E-state index is 11.8. The molecular formula is C14H21BrN2O2. The van der Waals surface area contributed by atoms with Gasteiger partial charge in [-0.3, -0.25) is 4.79 Å². The summed E-state index contributed by atoms with van der Waals surface area (Å²) in [6, 6.07) is 5.89. The molecule has 0 heterocycles. The van der Waals surface area contributed by atoms with Crippen molar-refractivity contribution in [3.05, 3.63) is 22.7 Å². The Hall–Kier alpha value is -1.23. The SMILES string of the molecule is CCC(CC)NC(=O)CNc1cc(Br)cc(OC)c1. The second-order valence-electron chi connectivity index (χ2n) is 4.31. The number of hydrogen-bond acceptors (Lipinski definition) is 3. The van der Waals surface area contributed by atoms with Crippen LogP contribution in [0.1, 0.15) is 26.7 Å². The second kappa shape index (κ2) is 8.04. The van der Waals surface area contributed by atoms with Gasteiger partial charge in [0.15, 0.2) is 0 Å². The van der Waals surface area contributed by atoms with E-state index in [2.05, 4.69) is 40.4 Å². The number of carbonyl (C=O) groups excluding carboxylic acids is 1. The Balaban J connectivity index is 2.52. The second-order valence-corrected chi connectivity index (χ2v) is 5.23. The molecule has 1 aromatic rings. The van der Waals surface area contributed by atoms with Crippen molar-refractivity contribution in [2.45, 2.75) is 32.7 Å². The van der Waals surface area contributed by atoms with Gasteiger partial charge in [0.25, 0.3) is 0 Å². The van der Waals surface area contributed by atoms with Gasteiger partial charge in [0.1, 0.15) is 5.75 Å². The molecule has 0 aromatic heterocycles. The summed E-state index contributed by atoms with van der Waals surface area (Å²) in [7, 11) is 1.62. The van der Waals surface area contributed by atoms with Crippen LogP contribution in [0, 0.1) is 0 Å². The quantitative estimate of drug-likeness (QED) is 0.808. The highest BCUT2D eigenvalue weighted by atomic mass is 79.9. The molecule has 0 aliphatic carbocycles. The Morgan fingerprint density at radius 2 is 2.00 bits per heavy atom. The van der Waals surface area contributed by atoms with Crippen LogP contribution in [-0.4, -0.2) is 25.6 Å². The van der Waals surface area contributed by atoms with Gasteiger partial charge < -0.3 is 15.4 Å². The number of nitrogens with one attached hydrogen (secondary N) is 2. The minimum atomic E-state index is 0.00708. The third-order valence-electron chi connectivity index (χ3n) is 2.91. The van der Waals surface area contributed by atoms with Gasteiger partial charge in [-0.1, -0.05) is 29.8 Å². The van der Waals surface area contributed by atoms with E-state index < -0.39 is 0 Å². The lowest BCUT2D eigenvalue weighted by Gasteiger charge is -2.15. The fraction of sp³-hybridized carbons (Fsp3) is 0.500. The maximum Gasteiger partial charge on any atom is 0.239 e. The number of ether oxygens (including phenoxy) is 1. The molecule has 1 amide bonds. The van der Waals surface area contributed by atoms with Gasteiger partial charge in [0, 0.05) is 22.3 Å². The van der Waals surface area contributed by atoms with Gasteiger partial charge in [-0.15, -0.1) is 0 Å². The van der Waals surface area contributed by atoms with Crippen molar-refractivity contribution in [3.63, 3.8) is 0 Å². The first kappa shape index (κ1) is 15.8. The van der Waals surface area contributed by atoms with Gasteiger partial charge >= 0.3 is 0 Å². The summed E-state index contributed by atoms with van der Waals surface area (Å²) >= 11 is 3.40. The van der Waals surface area contributed by atoms with Crippen LogP contribution in [0.2, 0.25) is 0 Å². The number of rotatable bonds is 7. The monoisotopic (exact) mass is 328 g/mol. The smallest absolute Gasteiger partial charge is 0.239 e. The van der Waals surface area contributed by atoms with Crippen molar-refractivity contribution in [1.82, 2.24) is 5.32 Å². The van der Waals surface area contributed by atoms with Crippen LogP contribution in [0.3, 0.4) is 0 Å². The van der Waals surface area contributed by atoms with Crippen molar-refractivity contribution in [1.29, 1.82) is 0 Å². The first-order chi connectivity index (χ1) is 9.08. The van der Waals surface area contributed by atoms with E-state index >= 15 is 0 Å². The van der Waals surface area contributed by atoms with E-state index in [9.17, 15) is 4.79 Å². The van der Waals surface area contributed by atoms with E-state index in [4.69, 9.17) is 4.74 Å². The van der Waals surface area contributed by atoms with Gasteiger partial charge in [-0.2, -0.15) is 0 Å². The summed E-state index contributed by atoms with van der Waals surface area (Å²) in [6.45, 7) is 4.40. The van der Waals surface area contributed by atoms with Crippen LogP contribution in [0.25, 0.3) is 0 Å². The average molecular weight is 329 g/mol. The van der Waals surface area contributed by atoms with E-state index in [1.807, 2.05) is 18.2 Å². The van der Waals surface area contributed by atoms with Crippen LogP contribution >= 0.6 is 15.9 Å². The van der Waals surface area contributed by atoms with Crippen molar-refractivity contribution in [3.8, 4) is 5.75 Å². The molecule has 0 bridgehead atoms. The van der Waals surface area contributed by atoms with Crippen LogP contribution in [-0.2, 0) is 4.79 Å². The highest BCUT2D eigenvalue weighted by Gasteiger charge is 2.08. The predicted molar refractivity (Wildman–Crippen MR) is 81.7 cm³/mol. The van der Waals surface area contributed by atoms with Crippen molar-refractivity contribution in [2.75, 3.05) is 19.0 Å². The molecule has 2 N–H and O–H groups in total. The lowest BCUT2D eigenvalue weighted by molar-refractivity contribution is -0.120. The molecule has 1 rings (SSSR count). The number of hydrogen-bond donors (Lipinski definition) is 2. The zero-order chi connectivity index (χ0) is 14.3. The van der Waals surface area contributed by atoms with Crippen LogP contribution in [0.15, 0.2) is 22.7 Å². The van der Waals surface area contributed by atoms with Crippen molar-refractivity contribution < 1.29 is 9.53 Å². The zero-order valence-electron chi connectivity index (χ0n) is 11.6. The molecule has 0 saturated heterocycles. The average Bonchev–Trinajstić information content (AvgIpc) is 2.41. The lowest BCUT2D eigenvalue weighted by atomic mass is 10.2. The Kier molecular flexibility index (Phi) is 6.70. The standard InChI is InChI=1S/C14H21BrN2O2/c1-4-11(5-2)17-14(18)9-16-12-6-10(15)7-13(8-12)19-3/h6-8,11,16H,4-5,9H2,1-3H3,(H,17,18). The molecule has 1 aromatic carbocycles. The molecule has 0 fully saturated rings. The molecule has 0 atom stereocenters. The lowest BCUT2D eigenvalue weighted by Crippen LogP contribution is -2.37. The first-order valence-corrected chi connectivity index (χ1v) is 7.26. The summed E-state index contributed by atoms with van der Waals surface area (Å²) < 4.78 is 6.08. The largest absolute Gasteiger partial charge is 0.497 e. The Morgan fingerprint density at radius 3 is 2.58 bits per heavy atom. The van der Waals surface area contributed by atoms with Crippen LogP contribution in [0.5, 0.6) is 5.75 Å². The third kappa shape index (κ3) is 5.51. The van der Waals surface area contributed by atoms with Crippen LogP contribution < -0.4 is 15.4 Å². The molecule has 0 spiro atoms. The fourth-order valence-corrected chi connectivity index (χ4v) is 2.21. The molecule has 5 heteroatoms. The molecule has 4 nitrogen and oxygen atoms in total. The highest BCUT2D eigenvalue weighted by Crippen LogP contribution is 2.24. The number of methoxy groups -OCH3 is 1. The molecule has 0 aliphatic heterocycles. The predicted octanol–water partition coefficient (Wildman–Crippen LogP) is 3.17. The van der Waals surface area contributed by atoms with Crippen molar-refractivity contribution >= 4 is 27.5 Å². The molecular weight excluding hydrogens is 308 g/mol. The van der Waals surface area contributed by atoms with Crippen LogP contribution in [0.4, 0.5) is 5.69 Å². The molecule has 0 unspecified atom stereocenters. The van der Waals surface area contributed by atoms with Gasteiger partial charge in [-0.25, -0.2) is 0 Å². The fourth-order valence-electron chi connectivity index (χ4n) is 1.74. The summed E-state index contributed by atoms with van der Waals surface area (Å²) in [5, 5.41) is 6.08. The minimum absolute atomic E-state index is 0.00708. The number of carbonyl (C=O) groups is 1. The summed E-state index contributed by atoms with van der Waals surface area (Å²) in [5.74, 6) is 0.755. The van der Waals surface area contributed by atoms with E-state index in [1.54, 1.807) is 7.11 Å². The molecule has 106 valence electrons. The molecule has 0 aliphatic rings. The topological polar surface area (TPSA) is 50.4 Å². The Morgan fingerprint density at radius 1 is 1.32 bits per heavy atom. The van der Waals surface area contributed by atoms with E-state index in [1.165, 1.54) is 0 Å². The molecule has 0 radical (unpaired) electrons. The summed E-state index contributed by atoms with van der Waals surface area (Å²) in [5.41, 5.74) is 0.853. The zero-order valence-corrected chi connectivity index (χ0v) is 13.2. The van der Waals surface area contributed by atoms with E-state index in [0.29, 0.717) is 0 Å². The number of amides is 1. The van der Waals surface area contributed by atoms with Gasteiger partial charge in [-0.05, 0) is 25.0 Å². The van der Waals surface area contributed by atoms with E-state index in [0.717, 1.165) is 28.8 Å². The summed E-state index contributed by atoms with van der Waals surface area (Å²) in [4.78, 5) is 11.8. The van der Waals surface area contributed by atoms with E-state index in [-0.39, 0.29) is 18.5 Å². The number of anilines is 1. The minimum Gasteiger partial charge on any atom is -0.497 e. The van der Waals surface area contributed by atoms with Crippen molar-refractivity contribution in [2.24, 2.45) is 0 Å². The summed E-state index contributed by atoms with van der Waals surface area (Å²) in [6.07, 6.45) is 1.90. The number of halogens is 1. The van der Waals surface area contributed by atoms with Gasteiger partial charge in [0.05, 0.1) is 13.7 Å². The number of benzene rings is 1. The Labute approximate surface area is 123 Å². The molecule has 19 heavy (non-hydrogen) atoms. The Bertz CT molecular complexity index is 420. The highest BCUT2D eigenvalue weighted by molar-refractivity contribution is 9.10. The normalized spacial score (nSPS) is 10.4. The van der Waals surface area contributed by atoms with Gasteiger partial charge in [0.2, 0.25) is 5.91 Å². The molecule has 0 saturated carbocycles. The first-order valence-electron chi connectivity index (χ1n) is 6.46.